The first-order chi connectivity index (χ1) is 43.4. The Bertz CT molecular complexity index is 3750. The number of fused-ring (bicyclic) bond motifs is 2. The van der Waals surface area contributed by atoms with Crippen LogP contribution in [0, 0.1) is 56.0 Å². The first kappa shape index (κ1) is 96.2. The predicted molar refractivity (Wildman–Crippen MR) is 417 cm³/mol. The number of nitrogen functional groups attached to an aromatic ring is 4. The van der Waals surface area contributed by atoms with Crippen molar-refractivity contribution < 1.29 is 66.1 Å². The van der Waals surface area contributed by atoms with Crippen molar-refractivity contribution in [3.05, 3.63) is 143 Å². The van der Waals surface area contributed by atoms with Gasteiger partial charge in [-0.25, -0.2) is 29.9 Å². The van der Waals surface area contributed by atoms with E-state index in [1.807, 2.05) is 117 Å². The molecule has 14 N–H and O–H groups in total. The minimum atomic E-state index is -0.750. The molecule has 8 aromatic heterocycles. The van der Waals surface area contributed by atoms with Crippen LogP contribution < -0.4 is 90.9 Å². The van der Waals surface area contributed by atoms with Crippen molar-refractivity contribution in [2.75, 3.05) is 28.3 Å². The van der Waals surface area contributed by atoms with Crippen LogP contribution in [0.25, 0.3) is 22.1 Å². The molecule has 0 aliphatic rings. The summed E-state index contributed by atoms with van der Waals surface area (Å²) in [4.78, 5) is 52.5. The van der Waals surface area contributed by atoms with Crippen LogP contribution in [0.5, 0.6) is 0 Å². The second kappa shape index (κ2) is 45.7. The van der Waals surface area contributed by atoms with Crippen LogP contribution in [0.1, 0.15) is 187 Å². The molecule has 0 unspecified atom stereocenters. The maximum absolute atomic E-state index is 11.6. The molecule has 97 heavy (non-hydrogen) atoms. The number of rotatable bonds is 5. The van der Waals surface area contributed by atoms with Crippen molar-refractivity contribution in [2.45, 2.75) is 181 Å². The Labute approximate surface area is 663 Å². The number of halogens is 7. The summed E-state index contributed by atoms with van der Waals surface area (Å²) >= 11 is 35.4. The molecule has 0 fully saturated rings. The van der Waals surface area contributed by atoms with Gasteiger partial charge in [-0.2, -0.15) is 0 Å². The Kier molecular flexibility index (Phi) is 45.3. The fraction of sp³-hybridized carbons (Fsp3) is 0.417. The van der Waals surface area contributed by atoms with Gasteiger partial charge in [-0.05, 0) is 206 Å². The molecule has 0 spiro atoms. The van der Waals surface area contributed by atoms with E-state index in [2.05, 4.69) is 128 Å². The molecule has 1 amide bonds. The quantitative estimate of drug-likeness (QED) is 0.0261. The normalized spacial score (nSPS) is 10.5. The molecular formula is C72H98Cl6IKN14O3. The number of H-pyrrole nitrogens is 2. The monoisotopic (exact) mass is 1580 g/mol. The summed E-state index contributed by atoms with van der Waals surface area (Å²) < 4.78 is 0.750. The van der Waals surface area contributed by atoms with E-state index in [4.69, 9.17) is 99.0 Å². The third-order valence-electron chi connectivity index (χ3n) is 10.6. The Morgan fingerprint density at radius 2 is 0.948 bits per heavy atom. The van der Waals surface area contributed by atoms with Gasteiger partial charge >= 0.3 is 51.4 Å². The Morgan fingerprint density at radius 3 is 1.33 bits per heavy atom. The minimum Gasteiger partial charge on any atom is -0.850 e. The molecule has 0 saturated heterocycles. The molecule has 0 aromatic carbocycles. The van der Waals surface area contributed by atoms with Gasteiger partial charge < -0.3 is 49.5 Å². The maximum Gasteiger partial charge on any atom is 1.00 e. The molecule has 0 atom stereocenters. The molecule has 0 aliphatic heterocycles. The number of carbonyl (C=O) groups excluding carboxylic acids is 2. The third-order valence-corrected chi connectivity index (χ3v) is 12.8. The van der Waals surface area contributed by atoms with Gasteiger partial charge in [-0.15, -0.1) is 17.9 Å². The molecular weight excluding hydrogens is 1490 g/mol. The fourth-order valence-electron chi connectivity index (χ4n) is 5.93. The minimum absolute atomic E-state index is 0. The van der Waals surface area contributed by atoms with E-state index in [0.717, 1.165) is 38.6 Å². The van der Waals surface area contributed by atoms with E-state index in [1.165, 1.54) is 17.6 Å². The van der Waals surface area contributed by atoms with Crippen LogP contribution in [0.3, 0.4) is 0 Å². The van der Waals surface area contributed by atoms with Gasteiger partial charge in [0.15, 0.2) is 0 Å². The Balaban J connectivity index is -0.00000105. The topological polar surface area (TPSA) is 317 Å². The molecule has 524 valence electrons. The number of nitrogens with one attached hydrogen (secondary N) is 3. The van der Waals surface area contributed by atoms with Crippen LogP contribution in [-0.4, -0.2) is 56.6 Å². The van der Waals surface area contributed by atoms with Crippen molar-refractivity contribution in [2.24, 2.45) is 16.2 Å². The number of carbonyl (C=O) groups is 2. The summed E-state index contributed by atoms with van der Waals surface area (Å²) in [5.74, 6) is 15.2. The molecule has 0 saturated carbocycles. The van der Waals surface area contributed by atoms with Crippen molar-refractivity contribution in [1.29, 1.82) is 0 Å². The molecule has 25 heteroatoms. The number of aromatic nitrogens is 8. The molecule has 0 bridgehead atoms. The number of pyridine rings is 6. The van der Waals surface area contributed by atoms with E-state index in [9.17, 15) is 14.7 Å². The van der Waals surface area contributed by atoms with E-state index < -0.39 is 5.60 Å². The average molecular weight is 1590 g/mol. The molecule has 8 heterocycles. The van der Waals surface area contributed by atoms with Crippen LogP contribution in [0.2, 0.25) is 25.8 Å². The molecule has 0 radical (unpaired) electrons. The number of hydrogen-bond acceptors (Lipinski definition) is 14. The summed E-state index contributed by atoms with van der Waals surface area (Å²) in [7, 11) is 0. The summed E-state index contributed by atoms with van der Waals surface area (Å²) in [5, 5.41) is 15.0. The number of nitrogens with zero attached hydrogens (tertiary/aromatic N) is 6. The van der Waals surface area contributed by atoms with Gasteiger partial charge in [0.2, 0.25) is 11.1 Å². The number of terminal acetylenes is 1. The van der Waals surface area contributed by atoms with Crippen molar-refractivity contribution in [3.8, 4) is 36.0 Å². The molecule has 8 rings (SSSR count). The van der Waals surface area contributed by atoms with Gasteiger partial charge in [-0.3, -0.25) is 9.59 Å². The summed E-state index contributed by atoms with van der Waals surface area (Å²) in [6.07, 6.45) is 9.21. The molecule has 0 aliphatic carbocycles. The van der Waals surface area contributed by atoms with E-state index in [0.29, 0.717) is 78.6 Å². The number of nitrogens with two attached hydrogens (primary N) is 4. The average Bonchev–Trinajstić information content (AvgIpc) is 1.69. The smallest absolute Gasteiger partial charge is 0.850 e. The number of anilines is 5. The van der Waals surface area contributed by atoms with E-state index in [1.54, 1.807) is 75.4 Å². The predicted octanol–water partition coefficient (Wildman–Crippen LogP) is 16.3. The van der Waals surface area contributed by atoms with Crippen LogP contribution in [0.4, 0.5) is 28.6 Å². The van der Waals surface area contributed by atoms with E-state index in [-0.39, 0.29) is 95.8 Å². The zero-order chi connectivity index (χ0) is 73.5. The van der Waals surface area contributed by atoms with E-state index >= 15 is 0 Å². The van der Waals surface area contributed by atoms with Crippen LogP contribution in [-0.2, 0) is 20.4 Å². The first-order valence-corrected chi connectivity index (χ1v) is 33.5. The SMILES string of the molecule is C#CC(C)(C)C.CC(C)(C)C#Cc1nc(Cl)ccc1N.CC(C)(C)[O-].CC(C)(C)c1cc2nc(Cl)ccc2[nH]1.CC(C)(C)c1cc2nc(N)ccc2[nH]1.CCCC(=O)Cl.CCCC(=O)Nc1ccc(Cl)nc1C#CC(C)(C)C.N.Nc1ccc(Cl)nc1.Nc1ccc(Cl)nc1I.[K+]. The van der Waals surface area contributed by atoms with Gasteiger partial charge in [0.05, 0.1) is 51.0 Å². The van der Waals surface area contributed by atoms with Gasteiger partial charge in [0, 0.05) is 51.3 Å². The van der Waals surface area contributed by atoms with Crippen molar-refractivity contribution in [3.63, 3.8) is 0 Å². The maximum atomic E-state index is 11.6. The second-order valence-corrected chi connectivity index (χ2v) is 30.4. The van der Waals surface area contributed by atoms with Gasteiger partial charge in [-0.1, -0.05) is 146 Å². The third kappa shape index (κ3) is 47.7. The molecule has 8 aromatic rings. The van der Waals surface area contributed by atoms with Gasteiger partial charge in [0.1, 0.15) is 46.7 Å². The zero-order valence-corrected chi connectivity index (χ0v) is 70.0. The van der Waals surface area contributed by atoms with Crippen LogP contribution in [0.15, 0.2) is 91.1 Å². The first-order valence-electron chi connectivity index (χ1n) is 30.1. The van der Waals surface area contributed by atoms with Crippen LogP contribution >= 0.6 is 92.2 Å². The van der Waals surface area contributed by atoms with Crippen molar-refractivity contribution >= 4 is 154 Å². The Morgan fingerprint density at radius 1 is 0.557 bits per heavy atom. The Hall–Kier alpha value is -4.97. The zero-order valence-electron chi connectivity index (χ0n) is 60.1. The van der Waals surface area contributed by atoms with Crippen molar-refractivity contribution in [1.82, 2.24) is 46.0 Å². The number of aromatic amines is 2. The standard InChI is InChI=1S/C15H19ClN2O.2C11H13ClN2.C11H15N3.C6H10.C5H4ClIN2.C5H5ClN2.C4H7ClO.C4H9O.K.H3N/c1-5-6-14(19)18-11-7-8-13(16)17-12(11)9-10-15(2,3)4;1-11(2,3)9-6-8-7(13-9)4-5-10(12)14-8;1-11(2,3)7-6-9-8(13)4-5-10(12)14-9;1-11(2,3)9-6-8-7(13-9)4-5-10(12)14-8;1-5-6(2,3)4;6-4-2-1-3(8)5(7)9-4;6-5-2-1-4(7)3-8-5;1-2-3-4(5)6;1-4(2,3)5;;/h7-8H,5-6H2,1-4H3,(H,18,19);4-6,13H,1-3H3;4-5H,13H2,1-3H3;4-6,13H,1-3H3,(H2,12,14);1H,2-4H3;1-2H,8H2;1-3H,7H2;2-3H2,1H3;1-3H3;;1H3/q;;;;;;;;-1;+1;. The number of hydrogen-bond donors (Lipinski definition) is 8. The summed E-state index contributed by atoms with van der Waals surface area (Å²) in [5.41, 5.74) is 31.3. The fourth-order valence-corrected chi connectivity index (χ4v) is 7.41. The molecule has 17 nitrogen and oxygen atoms in total. The second-order valence-electron chi connectivity index (χ2n) is 27.0. The van der Waals surface area contributed by atoms with Gasteiger partial charge in [0.25, 0.3) is 0 Å². The summed E-state index contributed by atoms with van der Waals surface area (Å²) in [6.45, 7) is 39.9. The summed E-state index contributed by atoms with van der Waals surface area (Å²) in [6, 6.07) is 25.1. The largest absolute Gasteiger partial charge is 1.00 e. The number of amides is 1.